The Bertz CT molecular complexity index is 1370. The van der Waals surface area contributed by atoms with Crippen LogP contribution in [0.25, 0.3) is 27.9 Å². The van der Waals surface area contributed by atoms with E-state index in [1.54, 1.807) is 31.6 Å². The maximum atomic E-state index is 12.9. The molecule has 1 aliphatic carbocycles. The van der Waals surface area contributed by atoms with E-state index >= 15 is 0 Å². The summed E-state index contributed by atoms with van der Waals surface area (Å²) in [6, 6.07) is 5.49. The SMILES string of the molecule is CC1(C=O)CCC1.CN(C)C.CNc1nc(NC)c2c(-c3ccc4nc(C)n(CC(F)F)c4n3)ccn2n1. The van der Waals surface area contributed by atoms with Crippen LogP contribution in [-0.2, 0) is 11.3 Å². The molecule has 0 radical (unpaired) electrons. The number of imidazole rings is 1. The van der Waals surface area contributed by atoms with Crippen molar-refractivity contribution < 1.29 is 13.6 Å². The second-order valence-corrected chi connectivity index (χ2v) is 9.97. The van der Waals surface area contributed by atoms with Gasteiger partial charge < -0.3 is 24.9 Å². The van der Waals surface area contributed by atoms with Gasteiger partial charge in [-0.05, 0) is 59.1 Å². The Morgan fingerprint density at radius 3 is 2.29 bits per heavy atom. The van der Waals surface area contributed by atoms with Crippen molar-refractivity contribution in [2.75, 3.05) is 45.9 Å². The molecule has 0 aromatic carbocycles. The number of pyridine rings is 1. The minimum atomic E-state index is -2.48. The molecular formula is C26H37F2N9O. The fraction of sp³-hybridized carbons (Fsp3) is 0.500. The Hall–Kier alpha value is -3.67. The number of aryl methyl sites for hydroxylation is 1. The largest absolute Gasteiger partial charge is 0.371 e. The summed E-state index contributed by atoms with van der Waals surface area (Å²) in [6.07, 6.45) is 3.87. The summed E-state index contributed by atoms with van der Waals surface area (Å²) in [4.78, 5) is 25.5. The first-order valence-corrected chi connectivity index (χ1v) is 12.5. The van der Waals surface area contributed by atoms with Crippen molar-refractivity contribution in [3.8, 4) is 11.3 Å². The van der Waals surface area contributed by atoms with E-state index in [1.807, 2.05) is 51.3 Å². The zero-order chi connectivity index (χ0) is 28.0. The second kappa shape index (κ2) is 12.2. The van der Waals surface area contributed by atoms with Crippen LogP contribution in [0.15, 0.2) is 24.4 Å². The molecule has 4 aromatic rings. The molecule has 0 saturated heterocycles. The normalized spacial score (nSPS) is 14.0. The van der Waals surface area contributed by atoms with Crippen LogP contribution in [0.4, 0.5) is 20.5 Å². The highest BCUT2D eigenvalue weighted by atomic mass is 19.3. The van der Waals surface area contributed by atoms with Crippen LogP contribution < -0.4 is 10.6 Å². The number of hydrogen-bond acceptors (Lipinski definition) is 8. The molecule has 12 heteroatoms. The van der Waals surface area contributed by atoms with Crippen LogP contribution in [-0.4, -0.2) is 82.0 Å². The highest BCUT2D eigenvalue weighted by molar-refractivity contribution is 5.89. The molecule has 0 amide bonds. The number of aromatic nitrogens is 6. The van der Waals surface area contributed by atoms with Crippen molar-refractivity contribution in [1.82, 2.24) is 34.0 Å². The maximum Gasteiger partial charge on any atom is 0.256 e. The number of nitrogens with one attached hydrogen (secondary N) is 2. The molecule has 0 spiro atoms. The van der Waals surface area contributed by atoms with Crippen LogP contribution in [0.5, 0.6) is 0 Å². The summed E-state index contributed by atoms with van der Waals surface area (Å²) >= 11 is 0. The Morgan fingerprint density at radius 1 is 1.11 bits per heavy atom. The molecule has 5 rings (SSSR count). The van der Waals surface area contributed by atoms with Gasteiger partial charge in [-0.25, -0.2) is 23.3 Å². The average molecular weight is 530 g/mol. The predicted octanol–water partition coefficient (Wildman–Crippen LogP) is 4.35. The third-order valence-electron chi connectivity index (χ3n) is 6.13. The first-order chi connectivity index (χ1) is 18.0. The van der Waals surface area contributed by atoms with E-state index in [2.05, 4.69) is 30.7 Å². The number of nitrogens with zero attached hydrogens (tertiary/aromatic N) is 7. The van der Waals surface area contributed by atoms with Gasteiger partial charge in [-0.3, -0.25) is 0 Å². The molecule has 0 unspecified atom stereocenters. The van der Waals surface area contributed by atoms with Gasteiger partial charge in [0.15, 0.2) is 11.5 Å². The summed E-state index contributed by atoms with van der Waals surface area (Å²) < 4.78 is 29.0. The number of carbonyl (C=O) groups is 1. The summed E-state index contributed by atoms with van der Waals surface area (Å²) in [7, 11) is 9.52. The molecule has 0 bridgehead atoms. The van der Waals surface area contributed by atoms with E-state index in [1.165, 1.54) is 11.0 Å². The van der Waals surface area contributed by atoms with Gasteiger partial charge in [0.05, 0.1) is 12.2 Å². The van der Waals surface area contributed by atoms with Crippen molar-refractivity contribution in [3.05, 3.63) is 30.2 Å². The summed E-state index contributed by atoms with van der Waals surface area (Å²) in [5.74, 6) is 1.62. The zero-order valence-corrected chi connectivity index (χ0v) is 23.1. The van der Waals surface area contributed by atoms with Gasteiger partial charge in [-0.2, -0.15) is 4.98 Å². The topological polar surface area (TPSA) is 105 Å². The Labute approximate surface area is 221 Å². The van der Waals surface area contributed by atoms with Gasteiger partial charge in [0.25, 0.3) is 6.43 Å². The lowest BCUT2D eigenvalue weighted by atomic mass is 9.72. The average Bonchev–Trinajstić information content (AvgIpc) is 3.42. The van der Waals surface area contributed by atoms with Gasteiger partial charge in [-0.1, -0.05) is 13.3 Å². The molecule has 206 valence electrons. The van der Waals surface area contributed by atoms with Gasteiger partial charge in [-0.15, -0.1) is 5.10 Å². The Balaban J connectivity index is 0.000000304. The van der Waals surface area contributed by atoms with Crippen molar-refractivity contribution in [2.24, 2.45) is 5.41 Å². The first kappa shape index (κ1) is 28.9. The van der Waals surface area contributed by atoms with Crippen molar-refractivity contribution in [1.29, 1.82) is 0 Å². The minimum Gasteiger partial charge on any atom is -0.371 e. The van der Waals surface area contributed by atoms with Gasteiger partial charge >= 0.3 is 0 Å². The quantitative estimate of drug-likeness (QED) is 0.355. The number of fused-ring (bicyclic) bond motifs is 2. The van der Waals surface area contributed by atoms with E-state index in [-0.39, 0.29) is 5.41 Å². The number of aldehydes is 1. The van der Waals surface area contributed by atoms with Gasteiger partial charge in [0.2, 0.25) is 5.95 Å². The fourth-order valence-corrected chi connectivity index (χ4v) is 3.99. The molecule has 2 N–H and O–H groups in total. The number of alkyl halides is 2. The number of hydrogen-bond donors (Lipinski definition) is 2. The molecule has 4 aromatic heterocycles. The number of rotatable bonds is 6. The van der Waals surface area contributed by atoms with Crippen molar-refractivity contribution >= 4 is 34.7 Å². The maximum absolute atomic E-state index is 12.9. The van der Waals surface area contributed by atoms with Crippen LogP contribution in [0, 0.1) is 12.3 Å². The van der Waals surface area contributed by atoms with E-state index < -0.39 is 13.0 Å². The summed E-state index contributed by atoms with van der Waals surface area (Å²) in [5, 5.41) is 10.4. The highest BCUT2D eigenvalue weighted by Crippen LogP contribution is 2.37. The van der Waals surface area contributed by atoms with Crippen LogP contribution >= 0.6 is 0 Å². The molecule has 4 heterocycles. The summed E-state index contributed by atoms with van der Waals surface area (Å²) in [5.41, 5.74) is 3.29. The summed E-state index contributed by atoms with van der Waals surface area (Å²) in [6.45, 7) is 3.28. The third kappa shape index (κ3) is 6.60. The highest BCUT2D eigenvalue weighted by Gasteiger charge is 2.30. The molecule has 1 fully saturated rings. The molecule has 38 heavy (non-hydrogen) atoms. The van der Waals surface area contributed by atoms with Crippen molar-refractivity contribution in [3.63, 3.8) is 0 Å². The van der Waals surface area contributed by atoms with Crippen LogP contribution in [0.1, 0.15) is 32.0 Å². The van der Waals surface area contributed by atoms with Crippen LogP contribution in [0.3, 0.4) is 0 Å². The Morgan fingerprint density at radius 2 is 1.79 bits per heavy atom. The molecule has 1 saturated carbocycles. The fourth-order valence-electron chi connectivity index (χ4n) is 3.99. The number of carbonyl (C=O) groups excluding carboxylic acids is 1. The lowest BCUT2D eigenvalue weighted by Gasteiger charge is -2.31. The molecule has 0 atom stereocenters. The number of halogens is 2. The lowest BCUT2D eigenvalue weighted by Crippen LogP contribution is -2.26. The third-order valence-corrected chi connectivity index (χ3v) is 6.13. The standard InChI is InChI=1S/C17H18F2N8.C6H10O.C3H9N/c1-9-22-12-5-4-11(23-16(12)26(9)8-13(18)19)10-6-7-27-14(10)15(20-2)24-17(21-3)25-27;1-6(5-7)3-2-4-6;1-4(2)3/h4-7,13H,8H2,1-3H3,(H2,20,21,24,25);5H,2-4H2,1H3;1-3H3. The van der Waals surface area contributed by atoms with Crippen LogP contribution in [0.2, 0.25) is 0 Å². The van der Waals surface area contributed by atoms with E-state index in [0.29, 0.717) is 34.4 Å². The van der Waals surface area contributed by atoms with Gasteiger partial charge in [0, 0.05) is 31.3 Å². The molecular weight excluding hydrogens is 492 g/mol. The van der Waals surface area contributed by atoms with Gasteiger partial charge in [0.1, 0.15) is 23.1 Å². The van der Waals surface area contributed by atoms with E-state index in [4.69, 9.17) is 0 Å². The Kier molecular flexibility index (Phi) is 9.31. The van der Waals surface area contributed by atoms with E-state index in [9.17, 15) is 13.6 Å². The second-order valence-electron chi connectivity index (χ2n) is 9.97. The lowest BCUT2D eigenvalue weighted by molar-refractivity contribution is -0.119. The predicted molar refractivity (Wildman–Crippen MR) is 147 cm³/mol. The monoisotopic (exact) mass is 529 g/mol. The molecule has 10 nitrogen and oxygen atoms in total. The first-order valence-electron chi connectivity index (χ1n) is 12.5. The number of anilines is 2. The zero-order valence-electron chi connectivity index (χ0n) is 23.1. The smallest absolute Gasteiger partial charge is 0.256 e. The minimum absolute atomic E-state index is 0.0833. The molecule has 0 aliphatic heterocycles. The van der Waals surface area contributed by atoms with Crippen molar-refractivity contribution in [2.45, 2.75) is 46.1 Å². The molecule has 1 aliphatic rings. The van der Waals surface area contributed by atoms with E-state index in [0.717, 1.165) is 30.2 Å².